The Labute approximate surface area is 209 Å². The van der Waals surface area contributed by atoms with Crippen molar-refractivity contribution in [3.63, 3.8) is 0 Å². The summed E-state index contributed by atoms with van der Waals surface area (Å²) < 4.78 is 8.04. The van der Waals surface area contributed by atoms with Crippen LogP contribution >= 0.6 is 0 Å². The highest BCUT2D eigenvalue weighted by Gasteiger charge is 2.17. The van der Waals surface area contributed by atoms with Gasteiger partial charge in [0.2, 0.25) is 5.95 Å². The number of pyridine rings is 1. The lowest BCUT2D eigenvalue weighted by Crippen LogP contribution is -2.35. The molecule has 1 fully saturated rings. The summed E-state index contributed by atoms with van der Waals surface area (Å²) in [6.07, 6.45) is 5.36. The molecule has 0 aliphatic carbocycles. The first-order valence-electron chi connectivity index (χ1n) is 11.8. The van der Waals surface area contributed by atoms with Crippen LogP contribution in [0.2, 0.25) is 0 Å². The van der Waals surface area contributed by atoms with Crippen molar-refractivity contribution in [1.82, 2.24) is 29.7 Å². The van der Waals surface area contributed by atoms with Gasteiger partial charge in [-0.15, -0.1) is 0 Å². The van der Waals surface area contributed by atoms with Gasteiger partial charge < -0.3 is 24.8 Å². The standard InChI is InChI=1S/C27H29N7O2/c1-17-5-8-21(16-30-17)36-20-9-11-28-23(15-20)22-10-12-29-27(32-22)31-19-7-6-18-13-25(26(35)33(2)3)34(4)24(18)14-19/h6-7,9-15,21,30H,1,5,8,16H2,2-4H3,(H,29,31,32)/t21-/m0/s1. The van der Waals surface area contributed by atoms with E-state index < -0.39 is 0 Å². The van der Waals surface area contributed by atoms with E-state index in [1.807, 2.05) is 54.1 Å². The molecule has 184 valence electrons. The number of nitrogens with one attached hydrogen (secondary N) is 2. The summed E-state index contributed by atoms with van der Waals surface area (Å²) in [6.45, 7) is 4.71. The van der Waals surface area contributed by atoms with Crippen LogP contribution in [-0.4, -0.2) is 57.1 Å². The molecule has 3 aromatic heterocycles. The molecule has 4 aromatic rings. The van der Waals surface area contributed by atoms with Crippen LogP contribution in [0.4, 0.5) is 11.6 Å². The minimum absolute atomic E-state index is 0.0387. The molecule has 1 amide bonds. The SMILES string of the molecule is C=C1CC[C@H](Oc2ccnc(-c3ccnc(Nc4ccc5cc(C(=O)N(C)C)n(C)c5c4)n3)c2)CN1. The normalized spacial score (nSPS) is 15.4. The Morgan fingerprint density at radius 3 is 2.75 bits per heavy atom. The largest absolute Gasteiger partial charge is 0.488 e. The number of aryl methyl sites for hydroxylation is 1. The van der Waals surface area contributed by atoms with Crippen LogP contribution < -0.4 is 15.4 Å². The zero-order chi connectivity index (χ0) is 25.2. The third kappa shape index (κ3) is 4.86. The fraction of sp³-hybridized carbons (Fsp3) is 0.259. The number of carbonyl (C=O) groups is 1. The molecule has 0 bridgehead atoms. The lowest BCUT2D eigenvalue weighted by Gasteiger charge is -2.26. The first-order valence-corrected chi connectivity index (χ1v) is 11.8. The number of anilines is 2. The van der Waals surface area contributed by atoms with E-state index >= 15 is 0 Å². The van der Waals surface area contributed by atoms with E-state index in [0.29, 0.717) is 23.0 Å². The van der Waals surface area contributed by atoms with Gasteiger partial charge in [0.05, 0.1) is 23.4 Å². The van der Waals surface area contributed by atoms with Gasteiger partial charge in [-0.2, -0.15) is 0 Å². The van der Waals surface area contributed by atoms with Crippen molar-refractivity contribution in [2.24, 2.45) is 7.05 Å². The van der Waals surface area contributed by atoms with Gasteiger partial charge in [-0.05, 0) is 43.2 Å². The van der Waals surface area contributed by atoms with Crippen molar-refractivity contribution in [2.75, 3.05) is 26.0 Å². The number of ether oxygens (including phenoxy) is 1. The predicted molar refractivity (Wildman–Crippen MR) is 140 cm³/mol. The summed E-state index contributed by atoms with van der Waals surface area (Å²) in [5.41, 5.74) is 4.84. The van der Waals surface area contributed by atoms with Crippen molar-refractivity contribution in [3.8, 4) is 17.1 Å². The number of rotatable bonds is 6. The molecule has 2 N–H and O–H groups in total. The van der Waals surface area contributed by atoms with Crippen LogP contribution in [0.15, 0.2) is 67.1 Å². The molecule has 1 atom stereocenters. The topological polar surface area (TPSA) is 97.2 Å². The van der Waals surface area contributed by atoms with Crippen LogP contribution in [0.1, 0.15) is 23.3 Å². The molecule has 1 aliphatic heterocycles. The summed E-state index contributed by atoms with van der Waals surface area (Å²) in [4.78, 5) is 27.6. The molecule has 9 nitrogen and oxygen atoms in total. The smallest absolute Gasteiger partial charge is 0.269 e. The Hall–Kier alpha value is -4.40. The Bertz CT molecular complexity index is 1430. The van der Waals surface area contributed by atoms with E-state index in [2.05, 4.69) is 32.2 Å². The maximum absolute atomic E-state index is 12.5. The third-order valence-corrected chi connectivity index (χ3v) is 6.23. The minimum atomic E-state index is -0.0387. The van der Waals surface area contributed by atoms with E-state index in [0.717, 1.165) is 47.4 Å². The minimum Gasteiger partial charge on any atom is -0.488 e. The molecule has 0 saturated carbocycles. The van der Waals surface area contributed by atoms with E-state index in [9.17, 15) is 4.79 Å². The maximum atomic E-state index is 12.5. The molecule has 1 saturated heterocycles. The Kier molecular flexibility index (Phi) is 6.28. The molecule has 4 heterocycles. The zero-order valence-electron chi connectivity index (χ0n) is 20.7. The molecular formula is C27H29N7O2. The van der Waals surface area contributed by atoms with Gasteiger partial charge >= 0.3 is 0 Å². The molecule has 5 rings (SSSR count). The summed E-state index contributed by atoms with van der Waals surface area (Å²) in [7, 11) is 5.39. The van der Waals surface area contributed by atoms with Crippen molar-refractivity contribution in [1.29, 1.82) is 0 Å². The predicted octanol–water partition coefficient (Wildman–Crippen LogP) is 4.12. The quantitative estimate of drug-likeness (QED) is 0.426. The van der Waals surface area contributed by atoms with Gasteiger partial charge in [0.1, 0.15) is 17.5 Å². The molecule has 1 aromatic carbocycles. The van der Waals surface area contributed by atoms with Gasteiger partial charge in [-0.3, -0.25) is 9.78 Å². The highest BCUT2D eigenvalue weighted by Crippen LogP contribution is 2.26. The number of benzene rings is 1. The van der Waals surface area contributed by atoms with Crippen LogP contribution in [0.25, 0.3) is 22.3 Å². The Morgan fingerprint density at radius 1 is 1.14 bits per heavy atom. The number of amides is 1. The first-order chi connectivity index (χ1) is 17.4. The van der Waals surface area contributed by atoms with Gasteiger partial charge in [0.25, 0.3) is 5.91 Å². The molecule has 36 heavy (non-hydrogen) atoms. The molecule has 1 aliphatic rings. The Balaban J connectivity index is 1.35. The second kappa shape index (κ2) is 9.69. The number of carbonyl (C=O) groups excluding carboxylic acids is 1. The maximum Gasteiger partial charge on any atom is 0.269 e. The molecule has 0 radical (unpaired) electrons. The summed E-state index contributed by atoms with van der Waals surface area (Å²) >= 11 is 0. The van der Waals surface area contributed by atoms with Crippen molar-refractivity contribution in [2.45, 2.75) is 18.9 Å². The van der Waals surface area contributed by atoms with Crippen molar-refractivity contribution >= 4 is 28.4 Å². The number of piperidine rings is 1. The lowest BCUT2D eigenvalue weighted by atomic mass is 10.1. The third-order valence-electron chi connectivity index (χ3n) is 6.23. The highest BCUT2D eigenvalue weighted by atomic mass is 16.5. The second-order valence-corrected chi connectivity index (χ2v) is 9.09. The molecule has 0 spiro atoms. The van der Waals surface area contributed by atoms with Crippen LogP contribution in [0.5, 0.6) is 5.75 Å². The van der Waals surface area contributed by atoms with Crippen molar-refractivity contribution in [3.05, 3.63) is 72.8 Å². The lowest BCUT2D eigenvalue weighted by molar-refractivity contribution is 0.0819. The van der Waals surface area contributed by atoms with E-state index in [-0.39, 0.29) is 12.0 Å². The molecule has 9 heteroatoms. The van der Waals surface area contributed by atoms with E-state index in [4.69, 9.17) is 4.74 Å². The fourth-order valence-corrected chi connectivity index (χ4v) is 4.23. The van der Waals surface area contributed by atoms with Gasteiger partial charge in [0, 0.05) is 56.4 Å². The van der Waals surface area contributed by atoms with Crippen LogP contribution in [0.3, 0.4) is 0 Å². The zero-order valence-corrected chi connectivity index (χ0v) is 20.7. The number of hydrogen-bond acceptors (Lipinski definition) is 7. The van der Waals surface area contributed by atoms with Crippen molar-refractivity contribution < 1.29 is 9.53 Å². The number of allylic oxidation sites excluding steroid dienone is 1. The van der Waals surface area contributed by atoms with Gasteiger partial charge in [-0.1, -0.05) is 12.6 Å². The number of hydrogen-bond donors (Lipinski definition) is 2. The molecular weight excluding hydrogens is 454 g/mol. The molecule has 0 unspecified atom stereocenters. The van der Waals surface area contributed by atoms with Crippen LogP contribution in [-0.2, 0) is 7.05 Å². The van der Waals surface area contributed by atoms with Gasteiger partial charge in [0.15, 0.2) is 0 Å². The van der Waals surface area contributed by atoms with Crippen LogP contribution in [0, 0.1) is 0 Å². The summed E-state index contributed by atoms with van der Waals surface area (Å²) in [5.74, 6) is 1.17. The first kappa shape index (κ1) is 23.3. The fourth-order valence-electron chi connectivity index (χ4n) is 4.23. The summed E-state index contributed by atoms with van der Waals surface area (Å²) in [6, 6.07) is 13.4. The number of fused-ring (bicyclic) bond motifs is 1. The average Bonchev–Trinajstić information content (AvgIpc) is 3.21. The highest BCUT2D eigenvalue weighted by molar-refractivity contribution is 5.99. The number of nitrogens with zero attached hydrogens (tertiary/aromatic N) is 5. The number of aromatic nitrogens is 4. The summed E-state index contributed by atoms with van der Waals surface area (Å²) in [5, 5.41) is 7.53. The monoisotopic (exact) mass is 483 g/mol. The second-order valence-electron chi connectivity index (χ2n) is 9.09. The van der Waals surface area contributed by atoms with Gasteiger partial charge in [-0.25, -0.2) is 9.97 Å². The Morgan fingerprint density at radius 2 is 1.97 bits per heavy atom. The van der Waals surface area contributed by atoms with E-state index in [1.165, 1.54) is 0 Å². The average molecular weight is 484 g/mol. The van der Waals surface area contributed by atoms with E-state index in [1.54, 1.807) is 31.4 Å².